The number of benzene rings is 1. The molecular weight excluding hydrogens is 370 g/mol. The number of aromatic nitrogens is 1. The average molecular weight is 398 g/mol. The number of nitrogens with zero attached hydrogens (tertiary/aromatic N) is 4. The van der Waals surface area contributed by atoms with Crippen LogP contribution >= 0.6 is 11.8 Å². The van der Waals surface area contributed by atoms with Gasteiger partial charge < -0.3 is 10.6 Å². The maximum Gasteiger partial charge on any atom is 0.235 e. The second kappa shape index (κ2) is 10.0. The summed E-state index contributed by atoms with van der Waals surface area (Å²) in [5.74, 6) is 0.399. The molecular formula is C21H27N5OS. The van der Waals surface area contributed by atoms with Crippen molar-refractivity contribution in [2.45, 2.75) is 23.6 Å². The highest BCUT2D eigenvalue weighted by atomic mass is 32.2. The first kappa shape index (κ1) is 21.6. The van der Waals surface area contributed by atoms with Crippen molar-refractivity contribution in [2.24, 2.45) is 15.7 Å². The maximum atomic E-state index is 12.2. The second-order valence-corrected chi connectivity index (χ2v) is 7.47. The predicted octanol–water partition coefficient (Wildman–Crippen LogP) is 3.13. The summed E-state index contributed by atoms with van der Waals surface area (Å²) in [4.78, 5) is 27.5. The van der Waals surface area contributed by atoms with E-state index in [-0.39, 0.29) is 0 Å². The van der Waals surface area contributed by atoms with Gasteiger partial charge in [-0.05, 0) is 17.5 Å². The van der Waals surface area contributed by atoms with Crippen LogP contribution < -0.4 is 10.6 Å². The van der Waals surface area contributed by atoms with E-state index in [1.165, 1.54) is 11.8 Å². The quantitative estimate of drug-likeness (QED) is 0.548. The lowest BCUT2D eigenvalue weighted by molar-refractivity contribution is -0.117. The smallest absolute Gasteiger partial charge is 0.235 e. The van der Waals surface area contributed by atoms with Gasteiger partial charge >= 0.3 is 0 Å². The number of nitrogens with two attached hydrogens (primary N) is 1. The van der Waals surface area contributed by atoms with E-state index in [1.807, 2.05) is 55.5 Å². The van der Waals surface area contributed by atoms with Crippen molar-refractivity contribution in [3.05, 3.63) is 52.6 Å². The van der Waals surface area contributed by atoms with E-state index in [2.05, 4.69) is 16.9 Å². The number of primary amides is 1. The first-order valence-electron chi connectivity index (χ1n) is 9.03. The number of pyridine rings is 1. The van der Waals surface area contributed by atoms with Crippen LogP contribution in [0.15, 0.2) is 45.3 Å². The molecule has 1 atom stereocenters. The molecule has 7 heteroatoms. The van der Waals surface area contributed by atoms with Crippen LogP contribution in [0.5, 0.6) is 0 Å². The molecule has 28 heavy (non-hydrogen) atoms. The van der Waals surface area contributed by atoms with Gasteiger partial charge in [-0.15, -0.1) is 0 Å². The molecule has 148 valence electrons. The molecule has 0 aliphatic carbocycles. The third-order valence-corrected chi connectivity index (χ3v) is 5.49. The number of hydrogen-bond acceptors (Lipinski definition) is 6. The normalized spacial score (nSPS) is 12.6. The molecule has 6 nitrogen and oxygen atoms in total. The number of amides is 1. The van der Waals surface area contributed by atoms with Crippen molar-refractivity contribution < 1.29 is 4.79 Å². The first-order chi connectivity index (χ1) is 13.4. The highest BCUT2D eigenvalue weighted by molar-refractivity contribution is 8.00. The predicted molar refractivity (Wildman–Crippen MR) is 119 cm³/mol. The Morgan fingerprint density at radius 3 is 2.29 bits per heavy atom. The Labute approximate surface area is 171 Å². The summed E-state index contributed by atoms with van der Waals surface area (Å²) in [6.07, 6.45) is 4.40. The van der Waals surface area contributed by atoms with Gasteiger partial charge in [-0.2, -0.15) is 0 Å². The molecule has 2 N–H and O–H groups in total. The van der Waals surface area contributed by atoms with E-state index in [1.54, 1.807) is 20.3 Å². The number of hydrogen-bond donors (Lipinski definition) is 1. The number of aliphatic imine (C=N–C) groups is 2. The number of carbonyl (C=O) groups is 1. The molecule has 2 aromatic rings. The monoisotopic (exact) mass is 397 g/mol. The summed E-state index contributed by atoms with van der Waals surface area (Å²) in [7, 11) is 7.36. The van der Waals surface area contributed by atoms with Gasteiger partial charge in [0.15, 0.2) is 0 Å². The van der Waals surface area contributed by atoms with Gasteiger partial charge in [-0.3, -0.25) is 14.8 Å². The Bertz CT molecular complexity index is 878. The molecule has 0 bridgehead atoms. The fraction of sp³-hybridized carbons (Fsp3) is 0.333. The Hall–Kier alpha value is -2.67. The molecule has 1 aromatic heterocycles. The van der Waals surface area contributed by atoms with E-state index in [0.29, 0.717) is 0 Å². The van der Waals surface area contributed by atoms with Crippen LogP contribution in [0.2, 0.25) is 0 Å². The van der Waals surface area contributed by atoms with Crippen molar-refractivity contribution in [3.63, 3.8) is 0 Å². The van der Waals surface area contributed by atoms with Crippen molar-refractivity contribution in [2.75, 3.05) is 33.1 Å². The zero-order valence-electron chi connectivity index (χ0n) is 17.0. The molecule has 0 spiro atoms. The van der Waals surface area contributed by atoms with E-state index in [0.717, 1.165) is 39.5 Å². The van der Waals surface area contributed by atoms with E-state index in [4.69, 9.17) is 10.7 Å². The molecule has 1 amide bonds. The third-order valence-electron chi connectivity index (χ3n) is 4.21. The summed E-state index contributed by atoms with van der Waals surface area (Å²) in [5, 5.41) is 0.190. The molecule has 0 aliphatic rings. The molecule has 2 rings (SSSR count). The highest BCUT2D eigenvalue weighted by Crippen LogP contribution is 2.38. The van der Waals surface area contributed by atoms with Crippen molar-refractivity contribution >= 4 is 35.9 Å². The van der Waals surface area contributed by atoms with Crippen molar-refractivity contribution in [1.29, 1.82) is 0 Å². The van der Waals surface area contributed by atoms with Crippen LogP contribution in [-0.4, -0.2) is 51.5 Å². The lowest BCUT2D eigenvalue weighted by Gasteiger charge is -2.22. The van der Waals surface area contributed by atoms with Gasteiger partial charge in [0.05, 0.1) is 0 Å². The standard InChI is InChI=1S/C21H27N5OS/c1-6-15-16(12-23-2)20(26(4)5)25-21(17(15)13-24-3)28-18(19(22)27)14-10-8-7-9-11-14/h7-13,18H,6H2,1-5H3,(H2,22,27)/b23-12+,24-13+/t18-/m1/s1. The number of rotatable bonds is 8. The second-order valence-electron chi connectivity index (χ2n) is 6.38. The van der Waals surface area contributed by atoms with Crippen LogP contribution in [0.3, 0.4) is 0 Å². The van der Waals surface area contributed by atoms with E-state index < -0.39 is 11.2 Å². The molecule has 0 radical (unpaired) electrons. The number of thioether (sulfide) groups is 1. The minimum absolute atomic E-state index is 0.402. The van der Waals surface area contributed by atoms with Crippen LogP contribution in [0.4, 0.5) is 5.82 Å². The summed E-state index contributed by atoms with van der Waals surface area (Å²) in [6.45, 7) is 2.09. The molecule has 0 saturated carbocycles. The summed E-state index contributed by atoms with van der Waals surface area (Å²) in [6, 6.07) is 9.52. The molecule has 1 aromatic carbocycles. The third kappa shape index (κ3) is 4.78. The minimum atomic E-state index is -0.539. The Morgan fingerprint density at radius 2 is 1.79 bits per heavy atom. The van der Waals surface area contributed by atoms with Gasteiger partial charge in [0.1, 0.15) is 16.1 Å². The molecule has 0 saturated heterocycles. The lowest BCUT2D eigenvalue weighted by Crippen LogP contribution is -2.21. The molecule has 1 heterocycles. The lowest BCUT2D eigenvalue weighted by atomic mass is 10.0. The zero-order chi connectivity index (χ0) is 20.7. The molecule has 0 fully saturated rings. The van der Waals surface area contributed by atoms with Crippen molar-refractivity contribution in [1.82, 2.24) is 4.98 Å². The van der Waals surface area contributed by atoms with Crippen LogP contribution in [0, 0.1) is 0 Å². The minimum Gasteiger partial charge on any atom is -0.368 e. The fourth-order valence-corrected chi connectivity index (χ4v) is 4.07. The average Bonchev–Trinajstić information content (AvgIpc) is 2.68. The van der Waals surface area contributed by atoms with Crippen LogP contribution in [0.1, 0.15) is 34.4 Å². The van der Waals surface area contributed by atoms with Gasteiger partial charge in [-0.25, -0.2) is 4.98 Å². The Balaban J connectivity index is 2.70. The van der Waals surface area contributed by atoms with Crippen LogP contribution in [0.25, 0.3) is 0 Å². The topological polar surface area (TPSA) is 83.9 Å². The highest BCUT2D eigenvalue weighted by Gasteiger charge is 2.25. The Kier molecular flexibility index (Phi) is 7.75. The fourth-order valence-electron chi connectivity index (χ4n) is 2.99. The summed E-state index contributed by atoms with van der Waals surface area (Å²) >= 11 is 1.36. The first-order valence-corrected chi connectivity index (χ1v) is 9.91. The summed E-state index contributed by atoms with van der Waals surface area (Å²) < 4.78 is 0. The maximum absolute atomic E-state index is 12.2. The summed E-state index contributed by atoms with van der Waals surface area (Å²) in [5.41, 5.74) is 9.54. The van der Waals surface area contributed by atoms with E-state index >= 15 is 0 Å². The molecule has 0 unspecified atom stereocenters. The number of anilines is 1. The van der Waals surface area contributed by atoms with Crippen molar-refractivity contribution in [3.8, 4) is 0 Å². The molecule has 0 aliphatic heterocycles. The number of carbonyl (C=O) groups excluding carboxylic acids is 1. The van der Waals surface area contributed by atoms with Gasteiger partial charge in [0.25, 0.3) is 0 Å². The van der Waals surface area contributed by atoms with Gasteiger partial charge in [0.2, 0.25) is 5.91 Å². The van der Waals surface area contributed by atoms with Gasteiger partial charge in [0, 0.05) is 51.7 Å². The van der Waals surface area contributed by atoms with Crippen LogP contribution in [-0.2, 0) is 11.2 Å². The van der Waals surface area contributed by atoms with E-state index in [9.17, 15) is 4.79 Å². The Morgan fingerprint density at radius 1 is 1.18 bits per heavy atom. The largest absolute Gasteiger partial charge is 0.368 e. The zero-order valence-corrected chi connectivity index (χ0v) is 17.8. The SMILES string of the molecule is CCc1c(/C=N/C)c(S[C@@H](C(N)=O)c2ccccc2)nc(N(C)C)c1/C=N/C. The van der Waals surface area contributed by atoms with Gasteiger partial charge in [-0.1, -0.05) is 49.0 Å².